The average Bonchev–Trinajstić information content (AvgIpc) is 2.79. The first kappa shape index (κ1) is 26.3. The number of nitrogens with one attached hydrogen (secondary N) is 1. The molecule has 0 aliphatic carbocycles. The number of hydrogen-bond acceptors (Lipinski definition) is 7. The first-order valence-corrected chi connectivity index (χ1v) is 11.2. The van der Waals surface area contributed by atoms with Crippen molar-refractivity contribution in [3.63, 3.8) is 0 Å². The summed E-state index contributed by atoms with van der Waals surface area (Å²) in [6.45, 7) is 11.9. The summed E-state index contributed by atoms with van der Waals surface area (Å²) in [4.78, 5) is 28.1. The Bertz CT molecular complexity index is 892. The highest BCUT2D eigenvalue weighted by Crippen LogP contribution is 2.17. The van der Waals surface area contributed by atoms with E-state index in [9.17, 15) is 14.0 Å². The van der Waals surface area contributed by atoms with Crippen molar-refractivity contribution in [2.24, 2.45) is 0 Å². The van der Waals surface area contributed by atoms with Crippen LogP contribution in [0.15, 0.2) is 36.5 Å². The lowest BCUT2D eigenvalue weighted by atomic mass is 10.0. The third-order valence-electron chi connectivity index (χ3n) is 4.91. The van der Waals surface area contributed by atoms with Crippen molar-refractivity contribution >= 4 is 18.1 Å². The lowest BCUT2D eigenvalue weighted by Crippen LogP contribution is -2.43. The number of carbonyl (C=O) groups is 2. The second kappa shape index (κ2) is 12.9. The highest BCUT2D eigenvalue weighted by molar-refractivity contribution is 5.89. The Morgan fingerprint density at radius 2 is 1.91 bits per heavy atom. The number of piperazine rings is 1. The summed E-state index contributed by atoms with van der Waals surface area (Å²) < 4.78 is 23.7. The molecule has 8 heteroatoms. The highest BCUT2D eigenvalue weighted by atomic mass is 19.1. The monoisotopic (exact) mass is 459 g/mol. The molecule has 1 N–H and O–H groups in total. The molecule has 0 unspecified atom stereocenters. The number of carbonyl (C=O) groups excluding carboxylic acids is 2. The summed E-state index contributed by atoms with van der Waals surface area (Å²) in [5, 5.41) is 3.33. The first-order chi connectivity index (χ1) is 15.7. The molecule has 1 fully saturated rings. The lowest BCUT2D eigenvalue weighted by molar-refractivity contribution is -0.138. The summed E-state index contributed by atoms with van der Waals surface area (Å²) in [5.41, 5.74) is 2.55. The van der Waals surface area contributed by atoms with Crippen LogP contribution in [-0.4, -0.2) is 55.8 Å². The zero-order valence-electron chi connectivity index (χ0n) is 19.9. The van der Waals surface area contributed by atoms with Crippen LogP contribution in [-0.2, 0) is 27.1 Å². The van der Waals surface area contributed by atoms with E-state index in [0.29, 0.717) is 24.9 Å². The van der Waals surface area contributed by atoms with E-state index in [1.807, 2.05) is 33.0 Å². The van der Waals surface area contributed by atoms with Crippen molar-refractivity contribution in [3.8, 4) is 0 Å². The molecule has 2 heterocycles. The fraction of sp³-hybridized carbons (Fsp3) is 0.480. The number of aromatic nitrogens is 1. The molecule has 1 aliphatic rings. The highest BCUT2D eigenvalue weighted by Gasteiger charge is 2.12. The molecule has 180 valence electrons. The maximum absolute atomic E-state index is 14.2. The molecular weight excluding hydrogens is 425 g/mol. The normalized spacial score (nSPS) is 13.5. The van der Waals surface area contributed by atoms with E-state index in [2.05, 4.69) is 26.0 Å². The van der Waals surface area contributed by atoms with Crippen LogP contribution in [0.5, 0.6) is 0 Å². The predicted octanol–water partition coefficient (Wildman–Crippen LogP) is 3.55. The van der Waals surface area contributed by atoms with Crippen molar-refractivity contribution in [2.45, 2.75) is 46.1 Å². The number of ether oxygens (including phenoxy) is 2. The molecule has 0 bridgehead atoms. The molecule has 1 aliphatic heterocycles. The van der Waals surface area contributed by atoms with Gasteiger partial charge in [0.05, 0.1) is 24.1 Å². The van der Waals surface area contributed by atoms with Gasteiger partial charge in [-0.3, -0.25) is 9.78 Å². The molecule has 33 heavy (non-hydrogen) atoms. The summed E-state index contributed by atoms with van der Waals surface area (Å²) in [5.74, 6) is -0.879. The molecule has 1 aromatic carbocycles. The fourth-order valence-electron chi connectivity index (χ4n) is 3.17. The average molecular weight is 460 g/mol. The predicted molar refractivity (Wildman–Crippen MR) is 126 cm³/mol. The van der Waals surface area contributed by atoms with E-state index in [4.69, 9.17) is 4.74 Å². The minimum absolute atomic E-state index is 0.242. The van der Waals surface area contributed by atoms with Crippen molar-refractivity contribution in [1.82, 2.24) is 10.3 Å². The van der Waals surface area contributed by atoms with Gasteiger partial charge in [0.1, 0.15) is 11.4 Å². The van der Waals surface area contributed by atoms with Crippen LogP contribution in [0.1, 0.15) is 49.3 Å². The molecule has 3 rings (SSSR count). The molecule has 0 amide bonds. The van der Waals surface area contributed by atoms with Crippen molar-refractivity contribution in [1.29, 1.82) is 0 Å². The fourth-order valence-corrected chi connectivity index (χ4v) is 3.17. The third-order valence-corrected chi connectivity index (χ3v) is 4.91. The number of nitrogens with zero attached hydrogens (tertiary/aromatic N) is 2. The van der Waals surface area contributed by atoms with Gasteiger partial charge in [0.25, 0.3) is 6.47 Å². The smallest absolute Gasteiger partial charge is 0.338 e. The molecular formula is C25H34FN3O4. The zero-order valence-corrected chi connectivity index (χ0v) is 19.9. The van der Waals surface area contributed by atoms with E-state index in [0.717, 1.165) is 37.6 Å². The molecule has 0 spiro atoms. The van der Waals surface area contributed by atoms with Gasteiger partial charge in [-0.05, 0) is 70.4 Å². The molecule has 7 nitrogen and oxygen atoms in total. The Morgan fingerprint density at radius 3 is 2.42 bits per heavy atom. The van der Waals surface area contributed by atoms with Crippen LogP contribution in [0, 0.1) is 5.82 Å². The Kier molecular flexibility index (Phi) is 10.3. The van der Waals surface area contributed by atoms with Gasteiger partial charge in [0, 0.05) is 31.9 Å². The quantitative estimate of drug-likeness (QED) is 0.501. The van der Waals surface area contributed by atoms with Crippen LogP contribution >= 0.6 is 0 Å². The van der Waals surface area contributed by atoms with Crippen molar-refractivity contribution in [3.05, 3.63) is 59.2 Å². The summed E-state index contributed by atoms with van der Waals surface area (Å²) in [6, 6.07) is 8.58. The number of esters is 1. The minimum atomic E-state index is -0.497. The second-order valence-corrected chi connectivity index (χ2v) is 8.60. The molecule has 1 aromatic heterocycles. The molecule has 2 aromatic rings. The first-order valence-electron chi connectivity index (χ1n) is 11.2. The summed E-state index contributed by atoms with van der Waals surface area (Å²) in [7, 11) is 0. The maximum Gasteiger partial charge on any atom is 0.338 e. The van der Waals surface area contributed by atoms with Gasteiger partial charge in [-0.15, -0.1) is 0 Å². The van der Waals surface area contributed by atoms with Crippen LogP contribution in [0.4, 0.5) is 10.1 Å². The Balaban J connectivity index is 0.000000479. The number of aryl methyl sites for hydroxylation is 2. The lowest BCUT2D eigenvalue weighted by Gasteiger charge is -2.29. The Labute approximate surface area is 195 Å². The van der Waals surface area contributed by atoms with E-state index in [1.165, 1.54) is 6.07 Å². The zero-order chi connectivity index (χ0) is 24.3. The van der Waals surface area contributed by atoms with E-state index >= 15 is 0 Å². The van der Waals surface area contributed by atoms with Crippen LogP contribution in [0.2, 0.25) is 0 Å². The number of rotatable bonds is 7. The van der Waals surface area contributed by atoms with Crippen molar-refractivity contribution < 1.29 is 23.5 Å². The third kappa shape index (κ3) is 9.18. The van der Waals surface area contributed by atoms with Crippen LogP contribution in [0.3, 0.4) is 0 Å². The van der Waals surface area contributed by atoms with Crippen LogP contribution in [0.25, 0.3) is 0 Å². The van der Waals surface area contributed by atoms with Gasteiger partial charge < -0.3 is 19.7 Å². The van der Waals surface area contributed by atoms with Crippen LogP contribution < -0.4 is 10.2 Å². The molecule has 0 saturated carbocycles. The number of pyridine rings is 1. The van der Waals surface area contributed by atoms with E-state index < -0.39 is 5.97 Å². The molecule has 0 atom stereocenters. The van der Waals surface area contributed by atoms with Gasteiger partial charge in [-0.2, -0.15) is 0 Å². The summed E-state index contributed by atoms with van der Waals surface area (Å²) >= 11 is 0. The summed E-state index contributed by atoms with van der Waals surface area (Å²) in [6.07, 6.45) is 3.08. The van der Waals surface area contributed by atoms with Gasteiger partial charge in [-0.25, -0.2) is 9.18 Å². The molecule has 1 saturated heterocycles. The number of halogens is 1. The van der Waals surface area contributed by atoms with Gasteiger partial charge >= 0.3 is 5.97 Å². The van der Waals surface area contributed by atoms with Gasteiger partial charge in [0.2, 0.25) is 0 Å². The number of hydrogen-bond donors (Lipinski definition) is 1. The van der Waals surface area contributed by atoms with Crippen molar-refractivity contribution in [2.75, 3.05) is 37.7 Å². The largest absolute Gasteiger partial charge is 0.462 e. The minimum Gasteiger partial charge on any atom is -0.462 e. The number of anilines is 1. The van der Waals surface area contributed by atoms with E-state index in [1.54, 1.807) is 19.1 Å². The SMILES string of the molecule is CC(C)(C)OC=O.CCOC(=O)c1ccc(CCc2ccc(N3CCNCC3)cn2)c(F)c1. The maximum atomic E-state index is 14.2. The van der Waals surface area contributed by atoms with Gasteiger partial charge in [-0.1, -0.05) is 6.07 Å². The topological polar surface area (TPSA) is 80.8 Å². The standard InChI is InChI=1S/C20H24FN3O2.C5H10O2/c1-2-26-20(25)16-4-3-15(19(21)13-16)5-6-17-7-8-18(14-23-17)24-11-9-22-10-12-24;1-5(2,3)7-4-6/h3-4,7-8,13-14,22H,2,5-6,9-12H2,1H3;4H,1-3H3. The Hall–Kier alpha value is -3.00. The number of benzene rings is 1. The molecule has 0 radical (unpaired) electrons. The van der Waals surface area contributed by atoms with E-state index in [-0.39, 0.29) is 23.6 Å². The second-order valence-electron chi connectivity index (χ2n) is 8.60. The Morgan fingerprint density at radius 1 is 1.18 bits per heavy atom. The van der Waals surface area contributed by atoms with Gasteiger partial charge in [0.15, 0.2) is 0 Å².